The van der Waals surface area contributed by atoms with E-state index in [1.54, 1.807) is 0 Å². The third kappa shape index (κ3) is 3.85. The van der Waals surface area contributed by atoms with E-state index in [9.17, 15) is 0 Å². The molecule has 2 aromatic heterocycles. The molecular formula is C13H19N5. The second kappa shape index (κ2) is 6.16. The molecule has 0 aliphatic rings. The number of pyridine rings is 1. The summed E-state index contributed by atoms with van der Waals surface area (Å²) in [6.45, 7) is 2.86. The monoisotopic (exact) mass is 245 g/mol. The van der Waals surface area contributed by atoms with E-state index < -0.39 is 0 Å². The molecule has 0 unspecified atom stereocenters. The zero-order valence-electron chi connectivity index (χ0n) is 10.7. The number of hydrogen-bond acceptors (Lipinski definition) is 4. The normalized spacial score (nSPS) is 11.0. The van der Waals surface area contributed by atoms with Crippen molar-refractivity contribution in [1.29, 1.82) is 0 Å². The van der Waals surface area contributed by atoms with Gasteiger partial charge in [0, 0.05) is 31.7 Å². The van der Waals surface area contributed by atoms with E-state index in [-0.39, 0.29) is 0 Å². The molecule has 0 spiro atoms. The molecule has 2 N–H and O–H groups in total. The lowest BCUT2D eigenvalue weighted by Gasteiger charge is -2.16. The molecule has 0 aliphatic carbocycles. The van der Waals surface area contributed by atoms with Crippen molar-refractivity contribution in [2.24, 2.45) is 0 Å². The maximum atomic E-state index is 5.57. The Morgan fingerprint density at radius 3 is 2.67 bits per heavy atom. The molecule has 96 valence electrons. The minimum absolute atomic E-state index is 0.578. The Bertz CT molecular complexity index is 465. The average Bonchev–Trinajstić information content (AvgIpc) is 2.81. The fourth-order valence-corrected chi connectivity index (χ4v) is 1.76. The van der Waals surface area contributed by atoms with Gasteiger partial charge in [-0.15, -0.1) is 0 Å². The molecule has 0 atom stereocenters. The van der Waals surface area contributed by atoms with Crippen molar-refractivity contribution in [3.05, 3.63) is 42.4 Å². The molecule has 2 aromatic rings. The van der Waals surface area contributed by atoms with Crippen LogP contribution in [0, 0.1) is 0 Å². The Morgan fingerprint density at radius 1 is 1.22 bits per heavy atom. The van der Waals surface area contributed by atoms with Crippen LogP contribution in [0.2, 0.25) is 0 Å². The van der Waals surface area contributed by atoms with Gasteiger partial charge in [-0.25, -0.2) is 0 Å². The van der Waals surface area contributed by atoms with Crippen LogP contribution >= 0.6 is 0 Å². The topological polar surface area (TPSA) is 60.0 Å². The molecule has 2 heterocycles. The van der Waals surface area contributed by atoms with Crippen LogP contribution in [-0.4, -0.2) is 39.8 Å². The zero-order chi connectivity index (χ0) is 12.8. The van der Waals surface area contributed by atoms with E-state index in [4.69, 9.17) is 5.73 Å². The fraction of sp³-hybridized carbons (Fsp3) is 0.385. The van der Waals surface area contributed by atoms with Crippen molar-refractivity contribution in [3.63, 3.8) is 0 Å². The summed E-state index contributed by atoms with van der Waals surface area (Å²) in [5.74, 6) is 0.578. The van der Waals surface area contributed by atoms with Crippen LogP contribution in [0.1, 0.15) is 5.56 Å². The van der Waals surface area contributed by atoms with E-state index in [0.717, 1.165) is 26.1 Å². The van der Waals surface area contributed by atoms with Gasteiger partial charge in [0.15, 0.2) is 0 Å². The molecule has 0 amide bonds. The third-order valence-corrected chi connectivity index (χ3v) is 2.90. The number of hydrogen-bond donors (Lipinski definition) is 1. The minimum atomic E-state index is 0.578. The Morgan fingerprint density at radius 2 is 2.00 bits per heavy atom. The molecule has 5 heteroatoms. The van der Waals surface area contributed by atoms with Gasteiger partial charge in [-0.3, -0.25) is 9.67 Å². The van der Waals surface area contributed by atoms with Gasteiger partial charge in [0.25, 0.3) is 0 Å². The van der Waals surface area contributed by atoms with Crippen LogP contribution < -0.4 is 5.73 Å². The second-order valence-corrected chi connectivity index (χ2v) is 4.41. The number of nitrogens with two attached hydrogens (primary N) is 1. The highest BCUT2D eigenvalue weighted by atomic mass is 15.3. The molecule has 2 rings (SSSR count). The SMILES string of the molecule is CN(CCc1ccncc1)CCn1ccc(N)n1. The van der Waals surface area contributed by atoms with E-state index in [0.29, 0.717) is 5.82 Å². The highest BCUT2D eigenvalue weighted by Gasteiger charge is 2.01. The van der Waals surface area contributed by atoms with Gasteiger partial charge in [0.2, 0.25) is 0 Å². The van der Waals surface area contributed by atoms with Gasteiger partial charge in [-0.1, -0.05) is 0 Å². The number of anilines is 1. The predicted molar refractivity (Wildman–Crippen MR) is 72.1 cm³/mol. The van der Waals surface area contributed by atoms with Crippen molar-refractivity contribution in [2.75, 3.05) is 25.9 Å². The molecular weight excluding hydrogens is 226 g/mol. The molecule has 0 saturated heterocycles. The third-order valence-electron chi connectivity index (χ3n) is 2.90. The smallest absolute Gasteiger partial charge is 0.145 e. The molecule has 0 radical (unpaired) electrons. The van der Waals surface area contributed by atoms with Gasteiger partial charge < -0.3 is 10.6 Å². The molecule has 5 nitrogen and oxygen atoms in total. The lowest BCUT2D eigenvalue weighted by atomic mass is 10.2. The number of likely N-dealkylation sites (N-methyl/N-ethyl adjacent to an activating group) is 1. The number of nitrogens with zero attached hydrogens (tertiary/aromatic N) is 4. The average molecular weight is 245 g/mol. The summed E-state index contributed by atoms with van der Waals surface area (Å²) in [6.07, 6.45) is 6.62. The first kappa shape index (κ1) is 12.6. The lowest BCUT2D eigenvalue weighted by Crippen LogP contribution is -2.25. The standard InChI is InChI=1S/C13H19N5/c1-17(8-4-12-2-6-15-7-3-12)10-11-18-9-5-13(14)16-18/h2-3,5-7,9H,4,8,10-11H2,1H3,(H2,14,16). The quantitative estimate of drug-likeness (QED) is 0.826. The predicted octanol–water partition coefficient (Wildman–Crippen LogP) is 1.03. The molecule has 0 saturated carbocycles. The van der Waals surface area contributed by atoms with Gasteiger partial charge >= 0.3 is 0 Å². The molecule has 0 bridgehead atoms. The minimum Gasteiger partial charge on any atom is -0.382 e. The van der Waals surface area contributed by atoms with Crippen LogP contribution in [-0.2, 0) is 13.0 Å². The maximum absolute atomic E-state index is 5.57. The molecule has 0 aromatic carbocycles. The first-order valence-electron chi connectivity index (χ1n) is 6.10. The van der Waals surface area contributed by atoms with Crippen molar-refractivity contribution in [1.82, 2.24) is 19.7 Å². The first-order valence-corrected chi connectivity index (χ1v) is 6.10. The Balaban J connectivity index is 1.71. The van der Waals surface area contributed by atoms with E-state index in [1.807, 2.05) is 29.3 Å². The van der Waals surface area contributed by atoms with E-state index in [1.165, 1.54) is 5.56 Å². The highest BCUT2D eigenvalue weighted by Crippen LogP contribution is 2.00. The fourth-order valence-electron chi connectivity index (χ4n) is 1.76. The summed E-state index contributed by atoms with van der Waals surface area (Å²) >= 11 is 0. The zero-order valence-corrected chi connectivity index (χ0v) is 10.7. The summed E-state index contributed by atoms with van der Waals surface area (Å²) in [5.41, 5.74) is 6.89. The van der Waals surface area contributed by atoms with Crippen LogP contribution in [0.4, 0.5) is 5.82 Å². The van der Waals surface area contributed by atoms with Gasteiger partial charge in [0.1, 0.15) is 5.82 Å². The highest BCUT2D eigenvalue weighted by molar-refractivity contribution is 5.23. The van der Waals surface area contributed by atoms with Crippen LogP contribution in [0.5, 0.6) is 0 Å². The van der Waals surface area contributed by atoms with Crippen LogP contribution in [0.25, 0.3) is 0 Å². The lowest BCUT2D eigenvalue weighted by molar-refractivity contribution is 0.316. The number of nitrogen functional groups attached to an aromatic ring is 1. The molecule has 0 fully saturated rings. The van der Waals surface area contributed by atoms with Crippen molar-refractivity contribution >= 4 is 5.82 Å². The van der Waals surface area contributed by atoms with Gasteiger partial charge in [-0.2, -0.15) is 5.10 Å². The largest absolute Gasteiger partial charge is 0.382 e. The van der Waals surface area contributed by atoms with Crippen molar-refractivity contribution in [3.8, 4) is 0 Å². The Hall–Kier alpha value is -1.88. The summed E-state index contributed by atoms with van der Waals surface area (Å²) in [6, 6.07) is 5.93. The number of rotatable bonds is 6. The van der Waals surface area contributed by atoms with Crippen molar-refractivity contribution in [2.45, 2.75) is 13.0 Å². The second-order valence-electron chi connectivity index (χ2n) is 4.41. The van der Waals surface area contributed by atoms with Crippen LogP contribution in [0.15, 0.2) is 36.8 Å². The Kier molecular flexibility index (Phi) is 4.30. The van der Waals surface area contributed by atoms with Gasteiger partial charge in [-0.05, 0) is 37.2 Å². The number of aromatic nitrogens is 3. The van der Waals surface area contributed by atoms with E-state index in [2.05, 4.69) is 34.2 Å². The summed E-state index contributed by atoms with van der Waals surface area (Å²) in [4.78, 5) is 6.30. The summed E-state index contributed by atoms with van der Waals surface area (Å²) < 4.78 is 1.87. The Labute approximate surface area is 107 Å². The molecule has 18 heavy (non-hydrogen) atoms. The van der Waals surface area contributed by atoms with E-state index >= 15 is 0 Å². The first-order chi connectivity index (χ1) is 8.74. The van der Waals surface area contributed by atoms with Gasteiger partial charge in [0.05, 0.1) is 6.54 Å². The summed E-state index contributed by atoms with van der Waals surface area (Å²) in [7, 11) is 2.12. The molecule has 0 aliphatic heterocycles. The van der Waals surface area contributed by atoms with Crippen LogP contribution in [0.3, 0.4) is 0 Å². The summed E-state index contributed by atoms with van der Waals surface area (Å²) in [5, 5.41) is 4.16. The maximum Gasteiger partial charge on any atom is 0.145 e. The van der Waals surface area contributed by atoms with Crippen molar-refractivity contribution < 1.29 is 0 Å².